The van der Waals surface area contributed by atoms with Crippen LogP contribution in [0.2, 0.25) is 0 Å². The van der Waals surface area contributed by atoms with Crippen molar-refractivity contribution in [3.05, 3.63) is 24.0 Å². The standard InChI is InChI=1S/C16H22N4O.ClH/c1-3-4-12(17)16(21)18-11-7-8-14-13(9-11)19-15(20(14)2)10-5-6-10;/h7-10,12H,3-6,17H2,1-2H3,(H,18,21);1H. The Kier molecular flexibility index (Phi) is 5.08. The maximum absolute atomic E-state index is 12.0. The number of aryl methyl sites for hydroxylation is 1. The van der Waals surface area contributed by atoms with Crippen LogP contribution >= 0.6 is 12.4 Å². The molecule has 22 heavy (non-hydrogen) atoms. The van der Waals surface area contributed by atoms with E-state index in [-0.39, 0.29) is 18.3 Å². The van der Waals surface area contributed by atoms with Gasteiger partial charge in [0.15, 0.2) is 0 Å². The summed E-state index contributed by atoms with van der Waals surface area (Å²) in [5, 5.41) is 2.88. The monoisotopic (exact) mass is 322 g/mol. The number of nitrogens with two attached hydrogens (primary N) is 1. The molecule has 5 nitrogen and oxygen atoms in total. The van der Waals surface area contributed by atoms with Gasteiger partial charge in [0.1, 0.15) is 5.82 Å². The number of hydrogen-bond donors (Lipinski definition) is 2. The van der Waals surface area contributed by atoms with Crippen LogP contribution in [0.4, 0.5) is 5.69 Å². The molecule has 1 saturated carbocycles. The van der Waals surface area contributed by atoms with Crippen molar-refractivity contribution in [2.75, 3.05) is 5.32 Å². The van der Waals surface area contributed by atoms with E-state index >= 15 is 0 Å². The van der Waals surface area contributed by atoms with Crippen LogP contribution in [0.1, 0.15) is 44.3 Å². The number of carbonyl (C=O) groups is 1. The molecule has 1 aromatic carbocycles. The van der Waals surface area contributed by atoms with E-state index in [1.54, 1.807) is 0 Å². The highest BCUT2D eigenvalue weighted by molar-refractivity contribution is 5.96. The smallest absolute Gasteiger partial charge is 0.241 e. The second kappa shape index (κ2) is 6.67. The molecule has 2 aromatic rings. The highest BCUT2D eigenvalue weighted by Gasteiger charge is 2.28. The summed E-state index contributed by atoms with van der Waals surface area (Å²) in [4.78, 5) is 16.7. The first kappa shape index (κ1) is 16.8. The number of halogens is 1. The van der Waals surface area contributed by atoms with Gasteiger partial charge < -0.3 is 15.6 Å². The highest BCUT2D eigenvalue weighted by Crippen LogP contribution is 2.40. The molecule has 0 saturated heterocycles. The van der Waals surface area contributed by atoms with E-state index < -0.39 is 6.04 Å². The van der Waals surface area contributed by atoms with Gasteiger partial charge in [-0.25, -0.2) is 4.98 Å². The summed E-state index contributed by atoms with van der Waals surface area (Å²) in [6.07, 6.45) is 4.06. The molecule has 1 atom stereocenters. The van der Waals surface area contributed by atoms with Gasteiger partial charge in [0, 0.05) is 18.7 Å². The molecule has 6 heteroatoms. The van der Waals surface area contributed by atoms with Crippen LogP contribution in [0.5, 0.6) is 0 Å². The molecule has 0 spiro atoms. The zero-order valence-electron chi connectivity index (χ0n) is 13.0. The lowest BCUT2D eigenvalue weighted by atomic mass is 10.1. The van der Waals surface area contributed by atoms with E-state index in [1.165, 1.54) is 12.8 Å². The average molecular weight is 323 g/mol. The normalized spacial score (nSPS) is 15.4. The Morgan fingerprint density at radius 1 is 1.50 bits per heavy atom. The molecule has 1 fully saturated rings. The Labute approximate surface area is 136 Å². The molecule has 0 aliphatic heterocycles. The van der Waals surface area contributed by atoms with Gasteiger partial charge in [0.2, 0.25) is 5.91 Å². The number of amides is 1. The number of benzene rings is 1. The zero-order valence-corrected chi connectivity index (χ0v) is 13.8. The van der Waals surface area contributed by atoms with Gasteiger partial charge in [-0.2, -0.15) is 0 Å². The molecular weight excluding hydrogens is 300 g/mol. The van der Waals surface area contributed by atoms with Crippen LogP contribution in [0.3, 0.4) is 0 Å². The predicted molar refractivity (Wildman–Crippen MR) is 91.5 cm³/mol. The summed E-state index contributed by atoms with van der Waals surface area (Å²) < 4.78 is 2.15. The van der Waals surface area contributed by atoms with Crippen LogP contribution in [0, 0.1) is 0 Å². The summed E-state index contributed by atoms with van der Waals surface area (Å²) in [6, 6.07) is 5.40. The van der Waals surface area contributed by atoms with E-state index in [0.717, 1.165) is 29.0 Å². The summed E-state index contributed by atoms with van der Waals surface area (Å²) in [7, 11) is 2.05. The number of aromatic nitrogens is 2. The van der Waals surface area contributed by atoms with Gasteiger partial charge >= 0.3 is 0 Å². The molecule has 120 valence electrons. The first-order valence-electron chi connectivity index (χ1n) is 7.63. The van der Waals surface area contributed by atoms with Crippen molar-refractivity contribution in [1.29, 1.82) is 0 Å². The number of fused-ring (bicyclic) bond motifs is 1. The van der Waals surface area contributed by atoms with Gasteiger partial charge in [0.25, 0.3) is 0 Å². The fourth-order valence-corrected chi connectivity index (χ4v) is 2.68. The summed E-state index contributed by atoms with van der Waals surface area (Å²) in [6.45, 7) is 2.02. The van der Waals surface area contributed by atoms with E-state index in [9.17, 15) is 4.79 Å². The zero-order chi connectivity index (χ0) is 15.0. The second-order valence-electron chi connectivity index (χ2n) is 5.89. The second-order valence-corrected chi connectivity index (χ2v) is 5.89. The van der Waals surface area contributed by atoms with Gasteiger partial charge in [0.05, 0.1) is 17.1 Å². The number of carbonyl (C=O) groups excluding carboxylic acids is 1. The number of nitrogens with one attached hydrogen (secondary N) is 1. The third-order valence-corrected chi connectivity index (χ3v) is 4.06. The first-order valence-corrected chi connectivity index (χ1v) is 7.63. The topological polar surface area (TPSA) is 72.9 Å². The highest BCUT2D eigenvalue weighted by atomic mass is 35.5. The van der Waals surface area contributed by atoms with Crippen LogP contribution < -0.4 is 11.1 Å². The van der Waals surface area contributed by atoms with Crippen molar-refractivity contribution in [3.63, 3.8) is 0 Å². The van der Waals surface area contributed by atoms with Gasteiger partial charge in [-0.05, 0) is 37.5 Å². The van der Waals surface area contributed by atoms with Crippen molar-refractivity contribution >= 4 is 35.0 Å². The van der Waals surface area contributed by atoms with E-state index in [0.29, 0.717) is 12.3 Å². The number of anilines is 1. The quantitative estimate of drug-likeness (QED) is 0.889. The van der Waals surface area contributed by atoms with Gasteiger partial charge in [-0.1, -0.05) is 13.3 Å². The molecule has 1 aliphatic rings. The fraction of sp³-hybridized carbons (Fsp3) is 0.500. The van der Waals surface area contributed by atoms with Crippen molar-refractivity contribution in [2.24, 2.45) is 12.8 Å². The third kappa shape index (κ3) is 3.25. The molecule has 1 aromatic heterocycles. The SMILES string of the molecule is CCCC(N)C(=O)Nc1ccc2c(c1)nc(C1CC1)n2C.Cl. The Morgan fingerprint density at radius 2 is 2.23 bits per heavy atom. The molecule has 3 rings (SSSR count). The summed E-state index contributed by atoms with van der Waals surface area (Å²) >= 11 is 0. The minimum absolute atomic E-state index is 0. The van der Waals surface area contributed by atoms with Crippen molar-refractivity contribution in [1.82, 2.24) is 9.55 Å². The molecule has 1 amide bonds. The minimum atomic E-state index is -0.448. The van der Waals surface area contributed by atoms with Crippen LogP contribution in [0.25, 0.3) is 11.0 Å². The first-order chi connectivity index (χ1) is 10.1. The number of nitrogens with zero attached hydrogens (tertiary/aromatic N) is 2. The third-order valence-electron chi connectivity index (χ3n) is 4.06. The molecular formula is C16H23ClN4O. The summed E-state index contributed by atoms with van der Waals surface area (Å²) in [5.74, 6) is 1.63. The average Bonchev–Trinajstić information content (AvgIpc) is 3.24. The Hall–Kier alpha value is -1.59. The maximum atomic E-state index is 12.0. The van der Waals surface area contributed by atoms with Crippen LogP contribution in [-0.2, 0) is 11.8 Å². The van der Waals surface area contributed by atoms with Crippen molar-refractivity contribution < 1.29 is 4.79 Å². The van der Waals surface area contributed by atoms with Gasteiger partial charge in [-0.15, -0.1) is 12.4 Å². The molecule has 1 aliphatic carbocycles. The van der Waals surface area contributed by atoms with Crippen molar-refractivity contribution in [2.45, 2.75) is 44.6 Å². The minimum Gasteiger partial charge on any atom is -0.331 e. The van der Waals surface area contributed by atoms with Crippen molar-refractivity contribution in [3.8, 4) is 0 Å². The Morgan fingerprint density at radius 3 is 2.86 bits per heavy atom. The lowest BCUT2D eigenvalue weighted by Crippen LogP contribution is -2.35. The van der Waals surface area contributed by atoms with E-state index in [1.807, 2.05) is 25.1 Å². The molecule has 0 radical (unpaired) electrons. The largest absolute Gasteiger partial charge is 0.331 e. The van der Waals surface area contributed by atoms with Gasteiger partial charge in [-0.3, -0.25) is 4.79 Å². The van der Waals surface area contributed by atoms with E-state index in [2.05, 4.69) is 16.9 Å². The molecule has 3 N–H and O–H groups in total. The lowest BCUT2D eigenvalue weighted by molar-refractivity contribution is -0.117. The Bertz CT molecular complexity index is 678. The fourth-order valence-electron chi connectivity index (χ4n) is 2.68. The maximum Gasteiger partial charge on any atom is 0.241 e. The number of imidazole rings is 1. The van der Waals surface area contributed by atoms with Crippen LogP contribution in [0.15, 0.2) is 18.2 Å². The lowest BCUT2D eigenvalue weighted by Gasteiger charge is -2.11. The molecule has 1 heterocycles. The molecule has 1 unspecified atom stereocenters. The number of hydrogen-bond acceptors (Lipinski definition) is 3. The molecule has 0 bridgehead atoms. The van der Waals surface area contributed by atoms with E-state index in [4.69, 9.17) is 10.7 Å². The van der Waals surface area contributed by atoms with Crippen LogP contribution in [-0.4, -0.2) is 21.5 Å². The summed E-state index contributed by atoms with van der Waals surface area (Å²) in [5.41, 5.74) is 8.63. The predicted octanol–water partition coefficient (Wildman–Crippen LogP) is 2.94. The number of rotatable bonds is 5. The Balaban J connectivity index is 0.00000176.